The van der Waals surface area contributed by atoms with Crippen LogP contribution in [0.3, 0.4) is 0 Å². The Morgan fingerprint density at radius 1 is 1.10 bits per heavy atom. The third-order valence-electron chi connectivity index (χ3n) is 5.91. The number of para-hydroxylation sites is 1. The van der Waals surface area contributed by atoms with Gasteiger partial charge in [0.25, 0.3) is 0 Å². The molecule has 7 nitrogen and oxygen atoms in total. The van der Waals surface area contributed by atoms with E-state index in [1.54, 1.807) is 7.11 Å². The maximum absolute atomic E-state index is 5.65. The van der Waals surface area contributed by atoms with Gasteiger partial charge in [-0.05, 0) is 56.1 Å². The van der Waals surface area contributed by atoms with Gasteiger partial charge < -0.3 is 24.8 Å². The van der Waals surface area contributed by atoms with Crippen LogP contribution in [0.25, 0.3) is 0 Å². The topological polar surface area (TPSA) is 67.4 Å². The van der Waals surface area contributed by atoms with Crippen molar-refractivity contribution in [3.8, 4) is 17.2 Å². The van der Waals surface area contributed by atoms with Crippen molar-refractivity contribution in [1.29, 1.82) is 0 Å². The first-order chi connectivity index (χ1) is 15.3. The molecule has 166 valence electrons. The Hall–Kier alpha value is -2.93. The Balaban J connectivity index is 1.34. The predicted molar refractivity (Wildman–Crippen MR) is 122 cm³/mol. The van der Waals surface area contributed by atoms with Crippen molar-refractivity contribution in [2.45, 2.75) is 25.3 Å². The van der Waals surface area contributed by atoms with E-state index in [1.165, 1.54) is 24.0 Å². The molecule has 0 aliphatic carbocycles. The van der Waals surface area contributed by atoms with Gasteiger partial charge in [0, 0.05) is 25.7 Å². The summed E-state index contributed by atoms with van der Waals surface area (Å²) in [5.41, 5.74) is 2.42. The fourth-order valence-corrected chi connectivity index (χ4v) is 4.27. The SMILES string of the molecule is CN=C(NCCc1ccc2c(c1)OCO2)NCC(c1ccccc1OC)N1CCCC1. The van der Waals surface area contributed by atoms with Crippen molar-refractivity contribution in [2.75, 3.05) is 47.1 Å². The first kappa shape index (κ1) is 21.3. The number of likely N-dealkylation sites (tertiary alicyclic amines) is 1. The minimum absolute atomic E-state index is 0.242. The van der Waals surface area contributed by atoms with Crippen LogP contribution in [-0.4, -0.2) is 58.0 Å². The largest absolute Gasteiger partial charge is 0.496 e. The molecule has 1 atom stereocenters. The summed E-state index contributed by atoms with van der Waals surface area (Å²) in [7, 11) is 3.55. The van der Waals surface area contributed by atoms with Gasteiger partial charge in [0.05, 0.1) is 13.2 Å². The van der Waals surface area contributed by atoms with E-state index in [-0.39, 0.29) is 6.04 Å². The maximum atomic E-state index is 5.65. The van der Waals surface area contributed by atoms with Crippen molar-refractivity contribution in [3.05, 3.63) is 53.6 Å². The number of fused-ring (bicyclic) bond motifs is 1. The van der Waals surface area contributed by atoms with Gasteiger partial charge in [-0.1, -0.05) is 24.3 Å². The highest BCUT2D eigenvalue weighted by atomic mass is 16.7. The molecule has 0 spiro atoms. The molecule has 2 N–H and O–H groups in total. The van der Waals surface area contributed by atoms with Crippen LogP contribution in [0.1, 0.15) is 30.0 Å². The van der Waals surface area contributed by atoms with Crippen molar-refractivity contribution in [3.63, 3.8) is 0 Å². The Labute approximate surface area is 184 Å². The molecule has 1 fully saturated rings. The quantitative estimate of drug-likeness (QED) is 0.502. The fraction of sp³-hybridized carbons (Fsp3) is 0.458. The van der Waals surface area contributed by atoms with Crippen molar-refractivity contribution in [1.82, 2.24) is 15.5 Å². The summed E-state index contributed by atoms with van der Waals surface area (Å²) in [5.74, 6) is 3.38. The second kappa shape index (κ2) is 10.4. The summed E-state index contributed by atoms with van der Waals surface area (Å²) >= 11 is 0. The van der Waals surface area contributed by atoms with E-state index in [1.807, 2.05) is 31.3 Å². The molecule has 2 aliphatic heterocycles. The van der Waals surface area contributed by atoms with E-state index in [2.05, 4.69) is 38.7 Å². The van der Waals surface area contributed by atoms with E-state index in [0.717, 1.165) is 55.8 Å². The number of nitrogens with one attached hydrogen (secondary N) is 2. The van der Waals surface area contributed by atoms with Crippen LogP contribution >= 0.6 is 0 Å². The third kappa shape index (κ3) is 5.22. The Kier molecular flexibility index (Phi) is 7.14. The fourth-order valence-electron chi connectivity index (χ4n) is 4.27. The molecule has 2 aromatic carbocycles. The molecule has 0 saturated carbocycles. The van der Waals surface area contributed by atoms with Gasteiger partial charge in [-0.15, -0.1) is 0 Å². The maximum Gasteiger partial charge on any atom is 0.231 e. The first-order valence-electron chi connectivity index (χ1n) is 11.0. The molecule has 2 aromatic rings. The molecule has 31 heavy (non-hydrogen) atoms. The predicted octanol–water partition coefficient (Wildman–Crippen LogP) is 2.97. The Morgan fingerprint density at radius 2 is 1.90 bits per heavy atom. The van der Waals surface area contributed by atoms with Crippen LogP contribution in [0.5, 0.6) is 17.2 Å². The highest BCUT2D eigenvalue weighted by Crippen LogP contribution is 2.33. The number of ether oxygens (including phenoxy) is 3. The van der Waals surface area contributed by atoms with Crippen LogP contribution < -0.4 is 24.8 Å². The van der Waals surface area contributed by atoms with Gasteiger partial charge in [0.15, 0.2) is 17.5 Å². The van der Waals surface area contributed by atoms with E-state index in [4.69, 9.17) is 14.2 Å². The zero-order valence-electron chi connectivity index (χ0n) is 18.4. The van der Waals surface area contributed by atoms with E-state index in [9.17, 15) is 0 Å². The number of methoxy groups -OCH3 is 1. The van der Waals surface area contributed by atoms with Crippen LogP contribution in [0, 0.1) is 0 Å². The highest BCUT2D eigenvalue weighted by Gasteiger charge is 2.26. The number of benzene rings is 2. The van der Waals surface area contributed by atoms with Gasteiger partial charge in [0.2, 0.25) is 6.79 Å². The molecule has 2 aliphatic rings. The number of rotatable bonds is 8. The summed E-state index contributed by atoms with van der Waals surface area (Å²) in [4.78, 5) is 6.94. The van der Waals surface area contributed by atoms with Gasteiger partial charge in [-0.2, -0.15) is 0 Å². The number of hydrogen-bond acceptors (Lipinski definition) is 5. The first-order valence-corrected chi connectivity index (χ1v) is 11.0. The smallest absolute Gasteiger partial charge is 0.231 e. The summed E-state index contributed by atoms with van der Waals surface area (Å²) < 4.78 is 16.5. The summed E-state index contributed by atoms with van der Waals surface area (Å²) in [6.45, 7) is 4.07. The van der Waals surface area contributed by atoms with E-state index >= 15 is 0 Å². The molecule has 4 rings (SSSR count). The summed E-state index contributed by atoms with van der Waals surface area (Å²) in [6, 6.07) is 14.6. The van der Waals surface area contributed by atoms with Gasteiger partial charge in [-0.3, -0.25) is 9.89 Å². The molecule has 0 radical (unpaired) electrons. The lowest BCUT2D eigenvalue weighted by Crippen LogP contribution is -2.43. The second-order valence-corrected chi connectivity index (χ2v) is 7.82. The zero-order chi connectivity index (χ0) is 21.5. The minimum Gasteiger partial charge on any atom is -0.496 e. The van der Waals surface area contributed by atoms with Crippen LogP contribution in [0.4, 0.5) is 0 Å². The second-order valence-electron chi connectivity index (χ2n) is 7.82. The average Bonchev–Trinajstić information content (AvgIpc) is 3.50. The molecule has 0 amide bonds. The molecule has 0 aromatic heterocycles. The number of hydrogen-bond donors (Lipinski definition) is 2. The summed E-state index contributed by atoms with van der Waals surface area (Å²) in [6.07, 6.45) is 3.36. The van der Waals surface area contributed by atoms with E-state index in [0.29, 0.717) is 6.79 Å². The Morgan fingerprint density at radius 3 is 2.71 bits per heavy atom. The minimum atomic E-state index is 0.242. The normalized spacial score (nSPS) is 16.9. The molecular formula is C24H32N4O3. The zero-order valence-corrected chi connectivity index (χ0v) is 18.4. The third-order valence-corrected chi connectivity index (χ3v) is 5.91. The average molecular weight is 425 g/mol. The molecule has 2 heterocycles. The monoisotopic (exact) mass is 424 g/mol. The number of aliphatic imine (C=N–C) groups is 1. The lowest BCUT2D eigenvalue weighted by Gasteiger charge is -2.30. The molecule has 1 unspecified atom stereocenters. The van der Waals surface area contributed by atoms with Crippen molar-refractivity contribution in [2.24, 2.45) is 4.99 Å². The number of nitrogens with zero attached hydrogens (tertiary/aromatic N) is 2. The van der Waals surface area contributed by atoms with Crippen molar-refractivity contribution >= 4 is 5.96 Å². The molecular weight excluding hydrogens is 392 g/mol. The molecule has 7 heteroatoms. The molecule has 0 bridgehead atoms. The van der Waals surface area contributed by atoms with E-state index < -0.39 is 0 Å². The molecule has 1 saturated heterocycles. The van der Waals surface area contributed by atoms with Gasteiger partial charge in [0.1, 0.15) is 5.75 Å². The lowest BCUT2D eigenvalue weighted by atomic mass is 10.0. The van der Waals surface area contributed by atoms with Crippen molar-refractivity contribution < 1.29 is 14.2 Å². The van der Waals surface area contributed by atoms with Gasteiger partial charge >= 0.3 is 0 Å². The standard InChI is InChI=1S/C24H32N4O3/c1-25-24(26-12-11-18-9-10-22-23(15-18)31-17-30-22)27-16-20(28-13-5-6-14-28)19-7-3-4-8-21(19)29-2/h3-4,7-10,15,20H,5-6,11-14,16-17H2,1-2H3,(H2,25,26,27). The van der Waals surface area contributed by atoms with Gasteiger partial charge in [-0.25, -0.2) is 0 Å². The van der Waals surface area contributed by atoms with Crippen LogP contribution in [-0.2, 0) is 6.42 Å². The highest BCUT2D eigenvalue weighted by molar-refractivity contribution is 5.79. The number of guanidine groups is 1. The van der Waals surface area contributed by atoms with Crippen LogP contribution in [0.2, 0.25) is 0 Å². The summed E-state index contributed by atoms with van der Waals surface area (Å²) in [5, 5.41) is 6.95. The lowest BCUT2D eigenvalue weighted by molar-refractivity contribution is 0.174. The Bertz CT molecular complexity index is 896. The van der Waals surface area contributed by atoms with Crippen LogP contribution in [0.15, 0.2) is 47.5 Å².